The highest BCUT2D eigenvalue weighted by Gasteiger charge is 2.33. The van der Waals surface area contributed by atoms with Gasteiger partial charge in [-0.05, 0) is 55.3 Å². The predicted molar refractivity (Wildman–Crippen MR) is 160 cm³/mol. The fourth-order valence-electron chi connectivity index (χ4n) is 4.04. The Morgan fingerprint density at radius 1 is 0.951 bits per heavy atom. The predicted octanol–water partition coefficient (Wildman–Crippen LogP) is 5.15. The van der Waals surface area contributed by atoms with Crippen LogP contribution >= 0.6 is 23.2 Å². The lowest BCUT2D eigenvalue weighted by Gasteiger charge is -2.32. The number of halogens is 2. The molecular weight excluding hydrogens is 589 g/mol. The number of carbonyl (C=O) groups excluding carboxylic acids is 2. The van der Waals surface area contributed by atoms with E-state index in [1.54, 1.807) is 49.4 Å². The third-order valence-corrected chi connectivity index (χ3v) is 8.71. The molecular formula is C29H33Cl2N3O6S. The van der Waals surface area contributed by atoms with Crippen LogP contribution in [0.4, 0.5) is 5.69 Å². The standard InChI is InChI=1S/C29H33Cl2N3O6S/c1-5-15-32-29(36)20(2)33(18-21-11-12-22(30)16-25(21)31)28(35)19-34(41(37,38)24-9-7-6-8-10-24)23-13-14-26(39-3)27(17-23)40-4/h6-14,16-17,20H,5,15,18-19H2,1-4H3,(H,32,36)/t20-/m0/s1. The molecule has 0 spiro atoms. The van der Waals surface area contributed by atoms with Gasteiger partial charge >= 0.3 is 0 Å². The topological polar surface area (TPSA) is 105 Å². The number of methoxy groups -OCH3 is 2. The van der Waals surface area contributed by atoms with Crippen LogP contribution in [0.25, 0.3) is 0 Å². The molecule has 3 aromatic rings. The van der Waals surface area contributed by atoms with Gasteiger partial charge in [0.15, 0.2) is 11.5 Å². The van der Waals surface area contributed by atoms with E-state index in [1.807, 2.05) is 6.92 Å². The molecule has 3 aromatic carbocycles. The normalized spacial score (nSPS) is 11.9. The summed E-state index contributed by atoms with van der Waals surface area (Å²) in [7, 11) is -1.34. The van der Waals surface area contributed by atoms with Crippen molar-refractivity contribution < 1.29 is 27.5 Å². The summed E-state index contributed by atoms with van der Waals surface area (Å²) in [6.45, 7) is 3.26. The van der Waals surface area contributed by atoms with Crippen LogP contribution in [0.1, 0.15) is 25.8 Å². The molecule has 0 aliphatic rings. The summed E-state index contributed by atoms with van der Waals surface area (Å²) in [6, 6.07) is 16.2. The van der Waals surface area contributed by atoms with Crippen LogP contribution in [0, 0.1) is 0 Å². The largest absolute Gasteiger partial charge is 0.493 e. The molecule has 0 radical (unpaired) electrons. The molecule has 0 bridgehead atoms. The summed E-state index contributed by atoms with van der Waals surface area (Å²) < 4.78 is 39.5. The minimum absolute atomic E-state index is 0.0105. The maximum Gasteiger partial charge on any atom is 0.264 e. The molecule has 0 fully saturated rings. The van der Waals surface area contributed by atoms with Crippen LogP contribution in [-0.4, -0.2) is 58.5 Å². The second-order valence-corrected chi connectivity index (χ2v) is 11.8. The van der Waals surface area contributed by atoms with Gasteiger partial charge in [-0.3, -0.25) is 13.9 Å². The lowest BCUT2D eigenvalue weighted by Crippen LogP contribution is -2.51. The lowest BCUT2D eigenvalue weighted by atomic mass is 10.1. The molecule has 0 saturated heterocycles. The minimum atomic E-state index is -4.23. The van der Waals surface area contributed by atoms with E-state index in [4.69, 9.17) is 32.7 Å². The average Bonchev–Trinajstić information content (AvgIpc) is 2.97. The maximum absolute atomic E-state index is 14.0. The van der Waals surface area contributed by atoms with E-state index in [2.05, 4.69) is 5.32 Å². The number of amides is 2. The molecule has 3 rings (SSSR count). The number of anilines is 1. The van der Waals surface area contributed by atoms with Crippen LogP contribution in [-0.2, 0) is 26.2 Å². The SMILES string of the molecule is CCCNC(=O)[C@H](C)N(Cc1ccc(Cl)cc1Cl)C(=O)CN(c1ccc(OC)c(OC)c1)S(=O)(=O)c1ccccc1. The fourth-order valence-corrected chi connectivity index (χ4v) is 5.94. The van der Waals surface area contributed by atoms with Gasteiger partial charge in [0.2, 0.25) is 11.8 Å². The number of sulfonamides is 1. The van der Waals surface area contributed by atoms with Gasteiger partial charge in [-0.2, -0.15) is 0 Å². The molecule has 0 heterocycles. The summed E-state index contributed by atoms with van der Waals surface area (Å²) in [5, 5.41) is 3.52. The van der Waals surface area contributed by atoms with Gasteiger partial charge in [0, 0.05) is 29.2 Å². The van der Waals surface area contributed by atoms with Crippen molar-refractivity contribution >= 4 is 50.7 Å². The van der Waals surface area contributed by atoms with Gasteiger partial charge in [-0.15, -0.1) is 0 Å². The van der Waals surface area contributed by atoms with E-state index in [0.29, 0.717) is 34.3 Å². The van der Waals surface area contributed by atoms with E-state index >= 15 is 0 Å². The number of hydrogen-bond acceptors (Lipinski definition) is 6. The number of carbonyl (C=O) groups is 2. The summed E-state index contributed by atoms with van der Waals surface area (Å²) in [6.07, 6.45) is 0.706. The Bertz CT molecular complexity index is 1470. The lowest BCUT2D eigenvalue weighted by molar-refractivity contribution is -0.139. The molecule has 2 amide bonds. The van der Waals surface area contributed by atoms with Crippen LogP contribution < -0.4 is 19.1 Å². The van der Waals surface area contributed by atoms with Crippen molar-refractivity contribution in [2.45, 2.75) is 37.8 Å². The van der Waals surface area contributed by atoms with Gasteiger partial charge < -0.3 is 19.7 Å². The molecule has 1 N–H and O–H groups in total. The molecule has 0 saturated carbocycles. The first kappa shape index (κ1) is 32.0. The van der Waals surface area contributed by atoms with Crippen molar-refractivity contribution in [2.75, 3.05) is 31.6 Å². The Hall–Kier alpha value is -3.47. The molecule has 12 heteroatoms. The highest BCUT2D eigenvalue weighted by Crippen LogP contribution is 2.34. The fraction of sp³-hybridized carbons (Fsp3) is 0.310. The smallest absolute Gasteiger partial charge is 0.264 e. The Balaban J connectivity index is 2.08. The number of ether oxygens (including phenoxy) is 2. The maximum atomic E-state index is 14.0. The number of nitrogens with one attached hydrogen (secondary N) is 1. The number of rotatable bonds is 13. The molecule has 220 valence electrons. The van der Waals surface area contributed by atoms with Gasteiger partial charge in [0.25, 0.3) is 10.0 Å². The van der Waals surface area contributed by atoms with Crippen LogP contribution in [0.2, 0.25) is 10.0 Å². The third kappa shape index (κ3) is 7.84. The van der Waals surface area contributed by atoms with Crippen LogP contribution in [0.3, 0.4) is 0 Å². The first-order valence-corrected chi connectivity index (χ1v) is 15.0. The third-order valence-electron chi connectivity index (χ3n) is 6.34. The van der Waals surface area contributed by atoms with E-state index in [-0.39, 0.29) is 28.8 Å². The van der Waals surface area contributed by atoms with Crippen molar-refractivity contribution in [3.05, 3.63) is 82.3 Å². The highest BCUT2D eigenvalue weighted by atomic mass is 35.5. The van der Waals surface area contributed by atoms with E-state index in [1.165, 1.54) is 43.4 Å². The second kappa shape index (κ2) is 14.4. The number of hydrogen-bond donors (Lipinski definition) is 1. The van der Waals surface area contributed by atoms with Gasteiger partial charge in [0.1, 0.15) is 12.6 Å². The zero-order valence-corrected chi connectivity index (χ0v) is 25.6. The molecule has 0 unspecified atom stereocenters. The Kier molecular flexibility index (Phi) is 11.3. The molecule has 0 aliphatic carbocycles. The van der Waals surface area contributed by atoms with E-state index in [0.717, 1.165) is 4.31 Å². The van der Waals surface area contributed by atoms with Gasteiger partial charge in [-0.25, -0.2) is 8.42 Å². The highest BCUT2D eigenvalue weighted by molar-refractivity contribution is 7.92. The second-order valence-electron chi connectivity index (χ2n) is 9.09. The molecule has 0 aromatic heterocycles. The molecule has 1 atom stereocenters. The zero-order chi connectivity index (χ0) is 30.2. The minimum Gasteiger partial charge on any atom is -0.493 e. The van der Waals surface area contributed by atoms with Crippen molar-refractivity contribution in [1.29, 1.82) is 0 Å². The summed E-state index contributed by atoms with van der Waals surface area (Å²) in [5.74, 6) is -0.332. The Labute approximate surface area is 251 Å². The van der Waals surface area contributed by atoms with E-state index < -0.39 is 28.5 Å². The van der Waals surface area contributed by atoms with Crippen molar-refractivity contribution in [3.8, 4) is 11.5 Å². The Morgan fingerprint density at radius 3 is 2.24 bits per heavy atom. The molecule has 41 heavy (non-hydrogen) atoms. The number of nitrogens with zero attached hydrogens (tertiary/aromatic N) is 2. The summed E-state index contributed by atoms with van der Waals surface area (Å²) in [4.78, 5) is 28.3. The van der Waals surface area contributed by atoms with Crippen LogP contribution in [0.5, 0.6) is 11.5 Å². The quantitative estimate of drug-likeness (QED) is 0.283. The average molecular weight is 623 g/mol. The number of benzene rings is 3. The molecule has 9 nitrogen and oxygen atoms in total. The zero-order valence-electron chi connectivity index (χ0n) is 23.3. The summed E-state index contributed by atoms with van der Waals surface area (Å²) >= 11 is 12.5. The molecule has 0 aliphatic heterocycles. The van der Waals surface area contributed by atoms with Crippen molar-refractivity contribution in [3.63, 3.8) is 0 Å². The van der Waals surface area contributed by atoms with Gasteiger partial charge in [-0.1, -0.05) is 54.4 Å². The van der Waals surface area contributed by atoms with Crippen LogP contribution in [0.15, 0.2) is 71.6 Å². The van der Waals surface area contributed by atoms with Crippen molar-refractivity contribution in [1.82, 2.24) is 10.2 Å². The van der Waals surface area contributed by atoms with Gasteiger partial charge in [0.05, 0.1) is 24.8 Å². The monoisotopic (exact) mass is 621 g/mol. The summed E-state index contributed by atoms with van der Waals surface area (Å²) in [5.41, 5.74) is 0.718. The van der Waals surface area contributed by atoms with E-state index in [9.17, 15) is 18.0 Å². The van der Waals surface area contributed by atoms with Crippen molar-refractivity contribution in [2.24, 2.45) is 0 Å². The first-order valence-electron chi connectivity index (χ1n) is 12.8. The Morgan fingerprint density at radius 2 is 1.63 bits per heavy atom. The first-order chi connectivity index (χ1) is 19.5.